The first kappa shape index (κ1) is 15.0. The lowest BCUT2D eigenvalue weighted by molar-refractivity contribution is 0.304. The topological polar surface area (TPSA) is 38.7 Å². The van der Waals surface area contributed by atoms with Crippen molar-refractivity contribution in [2.75, 3.05) is 13.7 Å². The van der Waals surface area contributed by atoms with E-state index in [0.717, 1.165) is 22.6 Å². The quantitative estimate of drug-likeness (QED) is 0.857. The number of benzene rings is 2. The first-order valence-electron chi connectivity index (χ1n) is 6.78. The molecule has 3 nitrogen and oxygen atoms in total. The molecule has 0 heterocycles. The third-order valence-corrected chi connectivity index (χ3v) is 2.93. The molecule has 0 fully saturated rings. The highest BCUT2D eigenvalue weighted by Gasteiger charge is 2.01. The van der Waals surface area contributed by atoms with Crippen LogP contribution in [0, 0.1) is 11.8 Å². The third kappa shape index (κ3) is 4.55. The summed E-state index contributed by atoms with van der Waals surface area (Å²) < 4.78 is 10.9. The van der Waals surface area contributed by atoms with Gasteiger partial charge in [-0.25, -0.2) is 0 Å². The maximum Gasteiger partial charge on any atom is 0.120 e. The van der Waals surface area contributed by atoms with Crippen molar-refractivity contribution in [3.05, 3.63) is 59.7 Å². The molecule has 0 saturated heterocycles. The van der Waals surface area contributed by atoms with Gasteiger partial charge in [0.05, 0.1) is 13.7 Å². The Balaban J connectivity index is 2.04. The summed E-state index contributed by atoms with van der Waals surface area (Å²) in [7, 11) is 1.64. The number of aliphatic hydroxyl groups excluding tert-OH is 1. The standard InChI is InChI=1S/C18H18O3/c1-20-17-9-11-18(12-10-17)21-14-16-8-3-2-6-15(16)7-4-5-13-19/h2-3,6,8-12,19H,5,13-14H2,1H3. The normalized spacial score (nSPS) is 9.62. The third-order valence-electron chi connectivity index (χ3n) is 2.93. The average Bonchev–Trinajstić information content (AvgIpc) is 2.54. The van der Waals surface area contributed by atoms with Crippen molar-refractivity contribution in [1.29, 1.82) is 0 Å². The molecule has 0 aliphatic rings. The summed E-state index contributed by atoms with van der Waals surface area (Å²) in [5.41, 5.74) is 1.96. The van der Waals surface area contributed by atoms with Crippen molar-refractivity contribution in [3.63, 3.8) is 0 Å². The van der Waals surface area contributed by atoms with Crippen LogP contribution in [0.3, 0.4) is 0 Å². The van der Waals surface area contributed by atoms with Gasteiger partial charge >= 0.3 is 0 Å². The van der Waals surface area contributed by atoms with E-state index in [-0.39, 0.29) is 6.61 Å². The van der Waals surface area contributed by atoms with E-state index in [1.165, 1.54) is 0 Å². The molecular formula is C18H18O3. The number of ether oxygens (including phenoxy) is 2. The van der Waals surface area contributed by atoms with Gasteiger partial charge in [0, 0.05) is 17.5 Å². The lowest BCUT2D eigenvalue weighted by Crippen LogP contribution is -1.98. The summed E-state index contributed by atoms with van der Waals surface area (Å²) in [5.74, 6) is 7.58. The molecule has 0 spiro atoms. The molecule has 0 aliphatic heterocycles. The minimum Gasteiger partial charge on any atom is -0.497 e. The lowest BCUT2D eigenvalue weighted by Gasteiger charge is -2.08. The van der Waals surface area contributed by atoms with E-state index in [1.54, 1.807) is 7.11 Å². The number of rotatable bonds is 5. The highest BCUT2D eigenvalue weighted by Crippen LogP contribution is 2.19. The Bertz CT molecular complexity index is 621. The van der Waals surface area contributed by atoms with Crippen LogP contribution in [0.2, 0.25) is 0 Å². The predicted molar refractivity (Wildman–Crippen MR) is 82.3 cm³/mol. The van der Waals surface area contributed by atoms with Crippen molar-refractivity contribution in [2.45, 2.75) is 13.0 Å². The second kappa shape index (κ2) is 7.98. The van der Waals surface area contributed by atoms with Gasteiger partial charge in [-0.2, -0.15) is 0 Å². The minimum absolute atomic E-state index is 0.0809. The van der Waals surface area contributed by atoms with E-state index in [0.29, 0.717) is 13.0 Å². The van der Waals surface area contributed by atoms with Crippen molar-refractivity contribution in [3.8, 4) is 23.3 Å². The van der Waals surface area contributed by atoms with Gasteiger partial charge in [0.15, 0.2) is 0 Å². The highest BCUT2D eigenvalue weighted by molar-refractivity contribution is 5.41. The Morgan fingerprint density at radius 1 is 1.00 bits per heavy atom. The van der Waals surface area contributed by atoms with E-state index < -0.39 is 0 Å². The minimum atomic E-state index is 0.0809. The Morgan fingerprint density at radius 2 is 1.71 bits per heavy atom. The first-order chi connectivity index (χ1) is 10.3. The van der Waals surface area contributed by atoms with Crippen molar-refractivity contribution < 1.29 is 14.6 Å². The van der Waals surface area contributed by atoms with E-state index in [1.807, 2.05) is 48.5 Å². The molecule has 21 heavy (non-hydrogen) atoms. The summed E-state index contributed by atoms with van der Waals surface area (Å²) in [4.78, 5) is 0. The van der Waals surface area contributed by atoms with Gasteiger partial charge in [-0.1, -0.05) is 30.0 Å². The van der Waals surface area contributed by atoms with Gasteiger partial charge in [-0.3, -0.25) is 0 Å². The molecule has 0 atom stereocenters. The molecule has 0 bridgehead atoms. The fourth-order valence-corrected chi connectivity index (χ4v) is 1.81. The molecule has 0 aromatic heterocycles. The van der Waals surface area contributed by atoms with Crippen molar-refractivity contribution in [2.24, 2.45) is 0 Å². The predicted octanol–water partition coefficient (Wildman–Crippen LogP) is 3.01. The smallest absolute Gasteiger partial charge is 0.120 e. The van der Waals surface area contributed by atoms with Crippen molar-refractivity contribution >= 4 is 0 Å². The second-order valence-electron chi connectivity index (χ2n) is 4.40. The molecule has 0 amide bonds. The number of hydrogen-bond donors (Lipinski definition) is 1. The molecular weight excluding hydrogens is 264 g/mol. The molecule has 2 aromatic carbocycles. The fraction of sp³-hybridized carbons (Fsp3) is 0.222. The van der Waals surface area contributed by atoms with Crippen LogP contribution in [-0.2, 0) is 6.61 Å². The maximum absolute atomic E-state index is 8.77. The molecule has 2 aromatic rings. The highest BCUT2D eigenvalue weighted by atomic mass is 16.5. The largest absolute Gasteiger partial charge is 0.497 e. The van der Waals surface area contributed by atoms with E-state index >= 15 is 0 Å². The van der Waals surface area contributed by atoms with Crippen LogP contribution in [-0.4, -0.2) is 18.8 Å². The fourth-order valence-electron chi connectivity index (χ4n) is 1.81. The maximum atomic E-state index is 8.77. The Hall–Kier alpha value is -2.44. The Morgan fingerprint density at radius 3 is 2.43 bits per heavy atom. The number of methoxy groups -OCH3 is 1. The summed E-state index contributed by atoms with van der Waals surface area (Å²) in [6.45, 7) is 0.536. The molecule has 0 saturated carbocycles. The molecule has 0 aliphatic carbocycles. The zero-order valence-electron chi connectivity index (χ0n) is 12.0. The van der Waals surface area contributed by atoms with Crippen LogP contribution in [0.5, 0.6) is 11.5 Å². The number of hydrogen-bond acceptors (Lipinski definition) is 3. The van der Waals surface area contributed by atoms with Crippen LogP contribution in [0.4, 0.5) is 0 Å². The molecule has 0 unspecified atom stereocenters. The molecule has 108 valence electrons. The molecule has 1 N–H and O–H groups in total. The van der Waals surface area contributed by atoms with Crippen LogP contribution in [0.1, 0.15) is 17.5 Å². The molecule has 0 radical (unpaired) electrons. The van der Waals surface area contributed by atoms with Gasteiger partial charge in [-0.05, 0) is 30.3 Å². The van der Waals surface area contributed by atoms with Gasteiger partial charge in [0.1, 0.15) is 18.1 Å². The van der Waals surface area contributed by atoms with Crippen LogP contribution in [0.25, 0.3) is 0 Å². The number of aliphatic hydroxyl groups is 1. The summed E-state index contributed by atoms with van der Waals surface area (Å²) >= 11 is 0. The van der Waals surface area contributed by atoms with Gasteiger partial charge in [0.2, 0.25) is 0 Å². The van der Waals surface area contributed by atoms with E-state index in [9.17, 15) is 0 Å². The first-order valence-corrected chi connectivity index (χ1v) is 6.78. The van der Waals surface area contributed by atoms with Crippen molar-refractivity contribution in [1.82, 2.24) is 0 Å². The van der Waals surface area contributed by atoms with Crippen LogP contribution >= 0.6 is 0 Å². The van der Waals surface area contributed by atoms with Crippen LogP contribution < -0.4 is 9.47 Å². The molecule has 3 heteroatoms. The summed E-state index contributed by atoms with van der Waals surface area (Å²) in [5, 5.41) is 8.77. The van der Waals surface area contributed by atoms with E-state index in [4.69, 9.17) is 14.6 Å². The SMILES string of the molecule is COc1ccc(OCc2ccccc2C#CCCO)cc1. The lowest BCUT2D eigenvalue weighted by atomic mass is 10.1. The Kier molecular flexibility index (Phi) is 5.69. The van der Waals surface area contributed by atoms with Gasteiger partial charge < -0.3 is 14.6 Å². The molecule has 2 rings (SSSR count). The Labute approximate surface area is 125 Å². The summed E-state index contributed by atoms with van der Waals surface area (Å²) in [6.07, 6.45) is 0.480. The van der Waals surface area contributed by atoms with E-state index in [2.05, 4.69) is 11.8 Å². The average molecular weight is 282 g/mol. The van der Waals surface area contributed by atoms with Gasteiger partial charge in [-0.15, -0.1) is 0 Å². The summed E-state index contributed by atoms with van der Waals surface area (Å²) in [6, 6.07) is 15.3. The zero-order chi connectivity index (χ0) is 14.9. The zero-order valence-corrected chi connectivity index (χ0v) is 12.0. The van der Waals surface area contributed by atoms with Crippen LogP contribution in [0.15, 0.2) is 48.5 Å². The van der Waals surface area contributed by atoms with Gasteiger partial charge in [0.25, 0.3) is 0 Å². The second-order valence-corrected chi connectivity index (χ2v) is 4.40. The monoisotopic (exact) mass is 282 g/mol.